The van der Waals surface area contributed by atoms with Gasteiger partial charge < -0.3 is 9.64 Å². The second-order valence-electron chi connectivity index (χ2n) is 4.72. The molecule has 1 saturated heterocycles. The zero-order chi connectivity index (χ0) is 13.2. The van der Waals surface area contributed by atoms with Crippen LogP contribution in [0.4, 0.5) is 5.82 Å². The third kappa shape index (κ3) is 2.14. The summed E-state index contributed by atoms with van der Waals surface area (Å²) in [6, 6.07) is 7.33. The Labute approximate surface area is 106 Å². The summed E-state index contributed by atoms with van der Waals surface area (Å²) in [5.41, 5.74) is -0.0989. The first-order chi connectivity index (χ1) is 8.59. The summed E-state index contributed by atoms with van der Waals surface area (Å²) in [5.74, 6) is 0.545. The lowest BCUT2D eigenvalue weighted by Crippen LogP contribution is -2.33. The first-order valence-electron chi connectivity index (χ1n) is 5.79. The predicted octanol–water partition coefficient (Wildman–Crippen LogP) is 1.34. The molecule has 0 spiro atoms. The molecule has 1 fully saturated rings. The zero-order valence-electron chi connectivity index (χ0n) is 10.5. The quantitative estimate of drug-likeness (QED) is 0.736. The third-order valence-electron chi connectivity index (χ3n) is 3.32. The Hall–Kier alpha value is -2.09. The molecule has 94 valence electrons. The van der Waals surface area contributed by atoms with Gasteiger partial charge in [-0.2, -0.15) is 5.26 Å². The van der Waals surface area contributed by atoms with E-state index < -0.39 is 5.41 Å². The summed E-state index contributed by atoms with van der Waals surface area (Å²) in [4.78, 5) is 18.0. The Balaban J connectivity index is 2.18. The number of hydrogen-bond donors (Lipinski definition) is 0. The Morgan fingerprint density at radius 3 is 3.06 bits per heavy atom. The van der Waals surface area contributed by atoms with Crippen molar-refractivity contribution >= 4 is 11.8 Å². The summed E-state index contributed by atoms with van der Waals surface area (Å²) < 4.78 is 4.83. The van der Waals surface area contributed by atoms with E-state index in [9.17, 15) is 4.79 Å². The fraction of sp³-hybridized carbons (Fsp3) is 0.462. The van der Waals surface area contributed by atoms with Crippen molar-refractivity contribution < 1.29 is 9.53 Å². The number of carbonyl (C=O) groups excluding carboxylic acids is 1. The molecule has 18 heavy (non-hydrogen) atoms. The van der Waals surface area contributed by atoms with Gasteiger partial charge in [0.1, 0.15) is 17.6 Å². The van der Waals surface area contributed by atoms with Crippen LogP contribution in [0.25, 0.3) is 0 Å². The highest BCUT2D eigenvalue weighted by Gasteiger charge is 2.41. The number of pyridine rings is 1. The minimum atomic E-state index is -0.487. The number of aromatic nitrogens is 1. The smallest absolute Gasteiger partial charge is 0.313 e. The highest BCUT2D eigenvalue weighted by atomic mass is 16.5. The van der Waals surface area contributed by atoms with Crippen molar-refractivity contribution in [2.24, 2.45) is 5.41 Å². The average Bonchev–Trinajstić information content (AvgIpc) is 2.82. The maximum atomic E-state index is 11.7. The standard InChI is InChI=1S/C13H15N3O2/c1-13(12(17)18-2)6-7-16(9-13)11-5-3-4-10(8-14)15-11/h3-5H,6-7,9H2,1-2H3. The van der Waals surface area contributed by atoms with E-state index in [0.29, 0.717) is 12.2 Å². The van der Waals surface area contributed by atoms with E-state index in [0.717, 1.165) is 18.8 Å². The number of esters is 1. The molecule has 0 radical (unpaired) electrons. The number of ether oxygens (including phenoxy) is 1. The molecule has 2 rings (SSSR count). The first kappa shape index (κ1) is 12.4. The topological polar surface area (TPSA) is 66.2 Å². The molecule has 1 aliphatic heterocycles. The van der Waals surface area contributed by atoms with Gasteiger partial charge in [0.2, 0.25) is 0 Å². The summed E-state index contributed by atoms with van der Waals surface area (Å²) in [7, 11) is 1.41. The maximum absolute atomic E-state index is 11.7. The SMILES string of the molecule is COC(=O)C1(C)CCN(c2cccc(C#N)n2)C1. The maximum Gasteiger partial charge on any atom is 0.313 e. The van der Waals surface area contributed by atoms with Crippen LogP contribution in [0.1, 0.15) is 19.0 Å². The van der Waals surface area contributed by atoms with E-state index in [2.05, 4.69) is 4.98 Å². The van der Waals surface area contributed by atoms with Crippen molar-refractivity contribution in [1.29, 1.82) is 5.26 Å². The zero-order valence-corrected chi connectivity index (χ0v) is 10.5. The van der Waals surface area contributed by atoms with Crippen molar-refractivity contribution in [2.45, 2.75) is 13.3 Å². The summed E-state index contributed by atoms with van der Waals surface area (Å²) in [6.45, 7) is 3.21. The second kappa shape index (κ2) is 4.65. The largest absolute Gasteiger partial charge is 0.469 e. The van der Waals surface area contributed by atoms with Crippen molar-refractivity contribution in [3.05, 3.63) is 23.9 Å². The van der Waals surface area contributed by atoms with Crippen LogP contribution in [-0.2, 0) is 9.53 Å². The Morgan fingerprint density at radius 1 is 1.61 bits per heavy atom. The van der Waals surface area contributed by atoms with Gasteiger partial charge >= 0.3 is 5.97 Å². The van der Waals surface area contributed by atoms with Crippen LogP contribution >= 0.6 is 0 Å². The molecular weight excluding hydrogens is 230 g/mol. The molecule has 1 aromatic heterocycles. The first-order valence-corrected chi connectivity index (χ1v) is 5.79. The number of nitrogens with zero attached hydrogens (tertiary/aromatic N) is 3. The molecule has 1 atom stereocenters. The van der Waals surface area contributed by atoms with Gasteiger partial charge in [0.25, 0.3) is 0 Å². The van der Waals surface area contributed by atoms with Crippen LogP contribution in [0.3, 0.4) is 0 Å². The number of nitriles is 1. The molecule has 0 bridgehead atoms. The van der Waals surface area contributed by atoms with Crippen LogP contribution in [0.15, 0.2) is 18.2 Å². The average molecular weight is 245 g/mol. The Bertz CT molecular complexity index is 509. The minimum absolute atomic E-state index is 0.193. The fourth-order valence-electron chi connectivity index (χ4n) is 2.23. The van der Waals surface area contributed by atoms with E-state index >= 15 is 0 Å². The summed E-state index contributed by atoms with van der Waals surface area (Å²) >= 11 is 0. The van der Waals surface area contributed by atoms with E-state index in [4.69, 9.17) is 10.00 Å². The van der Waals surface area contributed by atoms with Gasteiger partial charge in [-0.3, -0.25) is 4.79 Å². The lowest BCUT2D eigenvalue weighted by Gasteiger charge is -2.22. The normalized spacial score (nSPS) is 22.6. The lowest BCUT2D eigenvalue weighted by atomic mass is 9.90. The van der Waals surface area contributed by atoms with Gasteiger partial charge in [0.05, 0.1) is 12.5 Å². The van der Waals surface area contributed by atoms with Gasteiger partial charge in [-0.15, -0.1) is 0 Å². The highest BCUT2D eigenvalue weighted by Crippen LogP contribution is 2.33. The number of methoxy groups -OCH3 is 1. The van der Waals surface area contributed by atoms with Crippen molar-refractivity contribution in [3.8, 4) is 6.07 Å². The molecule has 5 heteroatoms. The van der Waals surface area contributed by atoms with Gasteiger partial charge in [-0.25, -0.2) is 4.98 Å². The monoisotopic (exact) mass is 245 g/mol. The van der Waals surface area contributed by atoms with Crippen molar-refractivity contribution in [3.63, 3.8) is 0 Å². The Morgan fingerprint density at radius 2 is 2.39 bits per heavy atom. The van der Waals surface area contributed by atoms with Gasteiger partial charge in [-0.05, 0) is 25.5 Å². The molecule has 0 saturated carbocycles. The fourth-order valence-corrected chi connectivity index (χ4v) is 2.23. The molecule has 0 amide bonds. The predicted molar refractivity (Wildman–Crippen MR) is 65.9 cm³/mol. The minimum Gasteiger partial charge on any atom is -0.469 e. The molecule has 0 N–H and O–H groups in total. The molecule has 1 aromatic rings. The van der Waals surface area contributed by atoms with E-state index in [1.54, 1.807) is 12.1 Å². The third-order valence-corrected chi connectivity index (χ3v) is 3.32. The molecule has 2 heterocycles. The number of carbonyl (C=O) groups is 1. The second-order valence-corrected chi connectivity index (χ2v) is 4.72. The van der Waals surface area contributed by atoms with Crippen LogP contribution in [0.2, 0.25) is 0 Å². The number of rotatable bonds is 2. The van der Waals surface area contributed by atoms with Gasteiger partial charge in [0, 0.05) is 13.1 Å². The van der Waals surface area contributed by atoms with Gasteiger partial charge in [-0.1, -0.05) is 6.07 Å². The van der Waals surface area contributed by atoms with Crippen molar-refractivity contribution in [2.75, 3.05) is 25.1 Å². The van der Waals surface area contributed by atoms with Crippen LogP contribution in [0.5, 0.6) is 0 Å². The van der Waals surface area contributed by atoms with Crippen LogP contribution < -0.4 is 4.90 Å². The highest BCUT2D eigenvalue weighted by molar-refractivity contribution is 5.78. The number of anilines is 1. The lowest BCUT2D eigenvalue weighted by molar-refractivity contribution is -0.150. The Kier molecular flexibility index (Phi) is 3.19. The summed E-state index contributed by atoms with van der Waals surface area (Å²) in [6.07, 6.45) is 0.734. The molecule has 1 aliphatic rings. The summed E-state index contributed by atoms with van der Waals surface area (Å²) in [5, 5.41) is 8.83. The molecule has 0 aromatic carbocycles. The van der Waals surface area contributed by atoms with Crippen LogP contribution in [0, 0.1) is 16.7 Å². The van der Waals surface area contributed by atoms with Crippen molar-refractivity contribution in [1.82, 2.24) is 4.98 Å². The molecule has 5 nitrogen and oxygen atoms in total. The van der Waals surface area contributed by atoms with E-state index in [1.807, 2.05) is 24.0 Å². The molecule has 1 unspecified atom stereocenters. The van der Waals surface area contributed by atoms with Gasteiger partial charge in [0.15, 0.2) is 0 Å². The van der Waals surface area contributed by atoms with Crippen LogP contribution in [-0.4, -0.2) is 31.2 Å². The molecule has 0 aliphatic carbocycles. The number of hydrogen-bond acceptors (Lipinski definition) is 5. The van der Waals surface area contributed by atoms with E-state index in [1.165, 1.54) is 7.11 Å². The van der Waals surface area contributed by atoms with E-state index in [-0.39, 0.29) is 5.97 Å². The molecular formula is C13H15N3O2.